The second-order valence-corrected chi connectivity index (χ2v) is 5.40. The largest absolute Gasteiger partial charge is 0.306 e. The van der Waals surface area contributed by atoms with Crippen molar-refractivity contribution in [1.29, 1.82) is 0 Å². The second kappa shape index (κ2) is 5.21. The molecule has 5 heteroatoms. The molecule has 0 saturated carbocycles. The van der Waals surface area contributed by atoms with Gasteiger partial charge in [-0.2, -0.15) is 5.10 Å². The second-order valence-electron chi connectivity index (χ2n) is 5.40. The number of fused-ring (bicyclic) bond motifs is 1. The molecule has 1 N–H and O–H groups in total. The zero-order valence-electron chi connectivity index (χ0n) is 12.5. The molecule has 0 spiro atoms. The summed E-state index contributed by atoms with van der Waals surface area (Å²) >= 11 is 0. The Hall–Kier alpha value is -3.21. The first-order valence-electron chi connectivity index (χ1n) is 7.32. The summed E-state index contributed by atoms with van der Waals surface area (Å²) in [4.78, 5) is 19.8. The van der Waals surface area contributed by atoms with Crippen LogP contribution in [0.2, 0.25) is 0 Å². The summed E-state index contributed by atoms with van der Waals surface area (Å²) < 4.78 is 1.77. The summed E-state index contributed by atoms with van der Waals surface area (Å²) in [6.07, 6.45) is 3.59. The lowest BCUT2D eigenvalue weighted by Gasteiger charge is -2.11. The maximum atomic E-state index is 12.3. The van der Waals surface area contributed by atoms with Crippen LogP contribution in [0.5, 0.6) is 0 Å². The topological polar surface area (TPSA) is 63.6 Å². The molecule has 0 saturated heterocycles. The molecule has 4 aromatic rings. The summed E-state index contributed by atoms with van der Waals surface area (Å²) in [6, 6.07) is 15.2. The van der Waals surface area contributed by atoms with Gasteiger partial charge in [0, 0.05) is 18.0 Å². The summed E-state index contributed by atoms with van der Waals surface area (Å²) in [5.41, 5.74) is 3.35. The van der Waals surface area contributed by atoms with Crippen molar-refractivity contribution < 1.29 is 0 Å². The van der Waals surface area contributed by atoms with Crippen LogP contribution in [-0.2, 0) is 0 Å². The molecular weight excluding hydrogens is 288 g/mol. The average molecular weight is 302 g/mol. The molecule has 0 bridgehead atoms. The molecular formula is C18H14N4O. The molecule has 0 aliphatic rings. The predicted molar refractivity (Wildman–Crippen MR) is 89.7 cm³/mol. The van der Waals surface area contributed by atoms with E-state index in [0.29, 0.717) is 16.7 Å². The van der Waals surface area contributed by atoms with E-state index < -0.39 is 0 Å². The summed E-state index contributed by atoms with van der Waals surface area (Å²) in [5, 5.41) is 4.87. The van der Waals surface area contributed by atoms with Crippen molar-refractivity contribution in [2.45, 2.75) is 6.92 Å². The fraction of sp³-hybridized carbons (Fsp3) is 0.0556. The number of aromatic nitrogens is 4. The van der Waals surface area contributed by atoms with Crippen molar-refractivity contribution in [3.8, 4) is 17.1 Å². The third-order valence-electron chi connectivity index (χ3n) is 3.77. The molecule has 4 rings (SSSR count). The SMILES string of the molecule is Cc1ccc(-n2cccn2)c(-c2nc3ccccc3c(=O)[nH]2)c1. The van der Waals surface area contributed by atoms with E-state index in [1.165, 1.54) is 0 Å². The molecule has 0 radical (unpaired) electrons. The minimum absolute atomic E-state index is 0.140. The number of H-pyrrole nitrogens is 1. The van der Waals surface area contributed by atoms with E-state index in [-0.39, 0.29) is 5.56 Å². The molecule has 0 aliphatic heterocycles. The first-order chi connectivity index (χ1) is 11.2. The summed E-state index contributed by atoms with van der Waals surface area (Å²) in [6.45, 7) is 2.01. The van der Waals surface area contributed by atoms with E-state index in [2.05, 4.69) is 15.1 Å². The van der Waals surface area contributed by atoms with Crippen molar-refractivity contribution in [3.63, 3.8) is 0 Å². The van der Waals surface area contributed by atoms with Crippen LogP contribution in [0.1, 0.15) is 5.56 Å². The highest BCUT2D eigenvalue weighted by atomic mass is 16.1. The number of hydrogen-bond acceptors (Lipinski definition) is 3. The number of nitrogens with one attached hydrogen (secondary N) is 1. The Morgan fingerprint density at radius 1 is 1.09 bits per heavy atom. The maximum absolute atomic E-state index is 12.3. The molecule has 0 amide bonds. The number of aryl methyl sites for hydroxylation is 1. The first kappa shape index (κ1) is 13.5. The van der Waals surface area contributed by atoms with Gasteiger partial charge in [-0.15, -0.1) is 0 Å². The molecule has 0 atom stereocenters. The number of hydrogen-bond donors (Lipinski definition) is 1. The Morgan fingerprint density at radius 3 is 2.78 bits per heavy atom. The van der Waals surface area contributed by atoms with Crippen LogP contribution in [0.15, 0.2) is 65.7 Å². The molecule has 0 unspecified atom stereocenters. The number of para-hydroxylation sites is 1. The monoisotopic (exact) mass is 302 g/mol. The van der Waals surface area contributed by atoms with Gasteiger partial charge in [0.05, 0.1) is 16.6 Å². The van der Waals surface area contributed by atoms with E-state index in [1.54, 1.807) is 16.9 Å². The standard InChI is InChI=1S/C18H14N4O/c1-12-7-8-16(22-10-4-9-19-22)14(11-12)17-20-15-6-3-2-5-13(15)18(23)21-17/h2-11H,1H3,(H,20,21,23). The van der Waals surface area contributed by atoms with Gasteiger partial charge in [-0.05, 0) is 37.3 Å². The molecule has 5 nitrogen and oxygen atoms in total. The van der Waals surface area contributed by atoms with E-state index in [4.69, 9.17) is 0 Å². The van der Waals surface area contributed by atoms with Gasteiger partial charge in [-0.1, -0.05) is 23.8 Å². The zero-order valence-corrected chi connectivity index (χ0v) is 12.5. The molecule has 0 fully saturated rings. The third-order valence-corrected chi connectivity index (χ3v) is 3.77. The minimum atomic E-state index is -0.140. The Balaban J connectivity index is 2.01. The molecule has 2 aromatic carbocycles. The van der Waals surface area contributed by atoms with Gasteiger partial charge in [0.15, 0.2) is 0 Å². The normalized spacial score (nSPS) is 11.0. The highest BCUT2D eigenvalue weighted by Gasteiger charge is 2.12. The number of benzene rings is 2. The van der Waals surface area contributed by atoms with E-state index in [0.717, 1.165) is 16.8 Å². The summed E-state index contributed by atoms with van der Waals surface area (Å²) in [7, 11) is 0. The van der Waals surface area contributed by atoms with Crippen LogP contribution in [0, 0.1) is 6.92 Å². The van der Waals surface area contributed by atoms with E-state index >= 15 is 0 Å². The van der Waals surface area contributed by atoms with Gasteiger partial charge in [0.2, 0.25) is 0 Å². The maximum Gasteiger partial charge on any atom is 0.259 e. The Kier molecular flexibility index (Phi) is 3.05. The van der Waals surface area contributed by atoms with Crippen molar-refractivity contribution >= 4 is 10.9 Å². The Labute approximate surface area is 132 Å². The third kappa shape index (κ3) is 2.32. The fourth-order valence-electron chi connectivity index (χ4n) is 2.66. The van der Waals surface area contributed by atoms with Gasteiger partial charge >= 0.3 is 0 Å². The Bertz CT molecular complexity index is 1050. The lowest BCUT2D eigenvalue weighted by atomic mass is 10.1. The highest BCUT2D eigenvalue weighted by Crippen LogP contribution is 2.25. The lowest BCUT2D eigenvalue weighted by molar-refractivity contribution is 0.879. The van der Waals surface area contributed by atoms with Gasteiger partial charge in [-0.25, -0.2) is 9.67 Å². The van der Waals surface area contributed by atoms with Gasteiger partial charge in [-0.3, -0.25) is 4.79 Å². The average Bonchev–Trinajstić information content (AvgIpc) is 3.09. The van der Waals surface area contributed by atoms with Crippen LogP contribution >= 0.6 is 0 Å². The van der Waals surface area contributed by atoms with Crippen LogP contribution in [0.3, 0.4) is 0 Å². The van der Waals surface area contributed by atoms with Crippen molar-refractivity contribution in [3.05, 3.63) is 76.8 Å². The number of aromatic amines is 1. The lowest BCUT2D eigenvalue weighted by Crippen LogP contribution is -2.10. The van der Waals surface area contributed by atoms with Crippen LogP contribution in [-0.4, -0.2) is 19.7 Å². The number of rotatable bonds is 2. The van der Waals surface area contributed by atoms with Crippen molar-refractivity contribution in [2.75, 3.05) is 0 Å². The summed E-state index contributed by atoms with van der Waals surface area (Å²) in [5.74, 6) is 0.544. The number of nitrogens with zero attached hydrogens (tertiary/aromatic N) is 3. The first-order valence-corrected chi connectivity index (χ1v) is 7.32. The van der Waals surface area contributed by atoms with Gasteiger partial charge < -0.3 is 4.98 Å². The smallest absolute Gasteiger partial charge is 0.259 e. The minimum Gasteiger partial charge on any atom is -0.306 e. The quantitative estimate of drug-likeness (QED) is 0.619. The molecule has 0 aliphatic carbocycles. The van der Waals surface area contributed by atoms with E-state index in [1.807, 2.05) is 55.6 Å². The Morgan fingerprint density at radius 2 is 1.96 bits per heavy atom. The van der Waals surface area contributed by atoms with Crippen molar-refractivity contribution in [1.82, 2.24) is 19.7 Å². The molecule has 112 valence electrons. The van der Waals surface area contributed by atoms with Crippen LogP contribution < -0.4 is 5.56 Å². The fourth-order valence-corrected chi connectivity index (χ4v) is 2.66. The molecule has 2 aromatic heterocycles. The molecule has 23 heavy (non-hydrogen) atoms. The van der Waals surface area contributed by atoms with E-state index in [9.17, 15) is 4.79 Å². The molecule has 2 heterocycles. The predicted octanol–water partition coefficient (Wildman–Crippen LogP) is 3.08. The van der Waals surface area contributed by atoms with Crippen LogP contribution in [0.25, 0.3) is 28.0 Å². The zero-order chi connectivity index (χ0) is 15.8. The van der Waals surface area contributed by atoms with Crippen LogP contribution in [0.4, 0.5) is 0 Å². The van der Waals surface area contributed by atoms with Gasteiger partial charge in [0.25, 0.3) is 5.56 Å². The van der Waals surface area contributed by atoms with Gasteiger partial charge in [0.1, 0.15) is 5.82 Å². The van der Waals surface area contributed by atoms with Crippen molar-refractivity contribution in [2.24, 2.45) is 0 Å². The highest BCUT2D eigenvalue weighted by molar-refractivity contribution is 5.80.